The van der Waals surface area contributed by atoms with Crippen LogP contribution in [-0.2, 0) is 4.79 Å². The van der Waals surface area contributed by atoms with Gasteiger partial charge in [-0.15, -0.1) is 0 Å². The molecule has 0 saturated heterocycles. The molecule has 0 heterocycles. The van der Waals surface area contributed by atoms with Gasteiger partial charge in [0.05, 0.1) is 5.69 Å². The fourth-order valence-corrected chi connectivity index (χ4v) is 1.49. The van der Waals surface area contributed by atoms with E-state index in [1.54, 1.807) is 6.92 Å². The van der Waals surface area contributed by atoms with E-state index in [0.717, 1.165) is 6.07 Å². The summed E-state index contributed by atoms with van der Waals surface area (Å²) in [7, 11) is 0. The van der Waals surface area contributed by atoms with Crippen molar-refractivity contribution in [2.75, 3.05) is 12.3 Å². The van der Waals surface area contributed by atoms with Crippen LogP contribution in [-0.4, -0.2) is 24.4 Å². The molecule has 0 aliphatic rings. The van der Waals surface area contributed by atoms with E-state index < -0.39 is 17.8 Å². The first-order valence-corrected chi connectivity index (χ1v) is 6.45. The summed E-state index contributed by atoms with van der Waals surface area (Å²) in [5.41, 5.74) is 5.51. The lowest BCUT2D eigenvalue weighted by Crippen LogP contribution is -2.45. The lowest BCUT2D eigenvalue weighted by atomic mass is 10.1. The second-order valence-electron chi connectivity index (χ2n) is 5.07. The van der Waals surface area contributed by atoms with E-state index in [0.29, 0.717) is 12.5 Å². The Hall–Kier alpha value is -2.11. The molecular formula is C14H20FN3O2. The molecule has 0 fully saturated rings. The molecule has 110 valence electrons. The largest absolute Gasteiger partial charge is 0.396 e. The minimum absolute atomic E-state index is 0.102. The van der Waals surface area contributed by atoms with Gasteiger partial charge in [0.2, 0.25) is 5.91 Å². The average Bonchev–Trinajstić information content (AvgIpc) is 2.38. The molecule has 0 radical (unpaired) electrons. The van der Waals surface area contributed by atoms with E-state index in [2.05, 4.69) is 10.6 Å². The molecule has 0 aliphatic carbocycles. The number of amides is 2. The van der Waals surface area contributed by atoms with E-state index in [9.17, 15) is 14.0 Å². The highest BCUT2D eigenvalue weighted by atomic mass is 19.1. The molecule has 2 amide bonds. The summed E-state index contributed by atoms with van der Waals surface area (Å²) < 4.78 is 13.0. The van der Waals surface area contributed by atoms with Crippen LogP contribution in [0.4, 0.5) is 10.1 Å². The fourth-order valence-electron chi connectivity index (χ4n) is 1.49. The van der Waals surface area contributed by atoms with Gasteiger partial charge in [0, 0.05) is 12.1 Å². The molecule has 5 nitrogen and oxygen atoms in total. The van der Waals surface area contributed by atoms with Crippen molar-refractivity contribution in [1.29, 1.82) is 0 Å². The molecule has 20 heavy (non-hydrogen) atoms. The van der Waals surface area contributed by atoms with Crippen LogP contribution in [0.3, 0.4) is 0 Å². The molecule has 0 bridgehead atoms. The smallest absolute Gasteiger partial charge is 0.251 e. The maximum atomic E-state index is 13.0. The van der Waals surface area contributed by atoms with Gasteiger partial charge in [-0.1, -0.05) is 13.8 Å². The van der Waals surface area contributed by atoms with Crippen LogP contribution in [0.2, 0.25) is 0 Å². The number of halogens is 1. The van der Waals surface area contributed by atoms with Gasteiger partial charge in [0.15, 0.2) is 0 Å². The molecule has 6 heteroatoms. The number of carbonyl (C=O) groups is 2. The van der Waals surface area contributed by atoms with Gasteiger partial charge in [0.25, 0.3) is 5.91 Å². The van der Waals surface area contributed by atoms with Crippen molar-refractivity contribution in [3.05, 3.63) is 29.6 Å². The number of carbonyl (C=O) groups excluding carboxylic acids is 2. The minimum Gasteiger partial charge on any atom is -0.396 e. The molecule has 1 atom stereocenters. The van der Waals surface area contributed by atoms with Crippen molar-refractivity contribution >= 4 is 17.5 Å². The van der Waals surface area contributed by atoms with Crippen molar-refractivity contribution in [3.8, 4) is 0 Å². The Kier molecular flexibility index (Phi) is 5.49. The maximum absolute atomic E-state index is 13.0. The second-order valence-corrected chi connectivity index (χ2v) is 5.07. The molecule has 1 aromatic rings. The van der Waals surface area contributed by atoms with Crippen LogP contribution in [0.1, 0.15) is 31.1 Å². The van der Waals surface area contributed by atoms with Gasteiger partial charge < -0.3 is 16.4 Å². The Morgan fingerprint density at radius 3 is 2.50 bits per heavy atom. The quantitative estimate of drug-likeness (QED) is 0.711. The highest BCUT2D eigenvalue weighted by Gasteiger charge is 2.17. The predicted molar refractivity (Wildman–Crippen MR) is 75.6 cm³/mol. The third kappa shape index (κ3) is 4.53. The molecule has 4 N–H and O–H groups in total. The number of hydrogen-bond acceptors (Lipinski definition) is 3. The number of nitrogens with two attached hydrogens (primary N) is 1. The van der Waals surface area contributed by atoms with Crippen LogP contribution in [0, 0.1) is 11.7 Å². The maximum Gasteiger partial charge on any atom is 0.251 e. The molecule has 0 saturated carbocycles. The van der Waals surface area contributed by atoms with Gasteiger partial charge in [-0.3, -0.25) is 9.59 Å². The standard InChI is InChI=1S/C14H20FN3O2/c1-8(2)7-17-13(19)9(3)18-14(20)10-4-5-11(15)12(16)6-10/h4-6,8-9H,7,16H2,1-3H3,(H,17,19)(H,18,20). The van der Waals surface area contributed by atoms with Crippen LogP contribution in [0.15, 0.2) is 18.2 Å². The Morgan fingerprint density at radius 2 is 1.95 bits per heavy atom. The molecule has 0 spiro atoms. The average molecular weight is 281 g/mol. The van der Waals surface area contributed by atoms with Gasteiger partial charge >= 0.3 is 0 Å². The van der Waals surface area contributed by atoms with Crippen molar-refractivity contribution in [1.82, 2.24) is 10.6 Å². The second kappa shape index (κ2) is 6.88. The van der Waals surface area contributed by atoms with E-state index in [4.69, 9.17) is 5.73 Å². The van der Waals surface area contributed by atoms with Crippen molar-refractivity contribution in [2.45, 2.75) is 26.8 Å². The summed E-state index contributed by atoms with van der Waals surface area (Å²) >= 11 is 0. The summed E-state index contributed by atoms with van der Waals surface area (Å²) in [4.78, 5) is 23.6. The van der Waals surface area contributed by atoms with Crippen molar-refractivity contribution < 1.29 is 14.0 Å². The zero-order chi connectivity index (χ0) is 15.3. The lowest BCUT2D eigenvalue weighted by Gasteiger charge is -2.15. The number of hydrogen-bond donors (Lipinski definition) is 3. The van der Waals surface area contributed by atoms with Gasteiger partial charge in [0.1, 0.15) is 11.9 Å². The third-order valence-electron chi connectivity index (χ3n) is 2.68. The first-order valence-electron chi connectivity index (χ1n) is 6.45. The SMILES string of the molecule is CC(C)CNC(=O)C(C)NC(=O)c1ccc(F)c(N)c1. The number of nitrogen functional groups attached to an aromatic ring is 1. The summed E-state index contributed by atoms with van der Waals surface area (Å²) in [5.74, 6) is -0.978. The lowest BCUT2D eigenvalue weighted by molar-refractivity contribution is -0.122. The molecular weight excluding hydrogens is 261 g/mol. The first kappa shape index (κ1) is 15.9. The molecule has 1 aromatic carbocycles. The van der Waals surface area contributed by atoms with E-state index in [1.165, 1.54) is 12.1 Å². The van der Waals surface area contributed by atoms with E-state index in [-0.39, 0.29) is 17.2 Å². The predicted octanol–water partition coefficient (Wildman–Crippen LogP) is 1.30. The van der Waals surface area contributed by atoms with Gasteiger partial charge in [-0.2, -0.15) is 0 Å². The zero-order valence-electron chi connectivity index (χ0n) is 11.9. The van der Waals surface area contributed by atoms with Crippen LogP contribution < -0.4 is 16.4 Å². The summed E-state index contributed by atoms with van der Waals surface area (Å²) in [5, 5.41) is 5.26. The third-order valence-corrected chi connectivity index (χ3v) is 2.68. The molecule has 1 rings (SSSR count). The van der Waals surface area contributed by atoms with Crippen LogP contribution in [0.25, 0.3) is 0 Å². The Bertz CT molecular complexity index is 503. The number of rotatable bonds is 5. The minimum atomic E-state index is -0.674. The summed E-state index contributed by atoms with van der Waals surface area (Å²) in [6.07, 6.45) is 0. The Morgan fingerprint density at radius 1 is 1.30 bits per heavy atom. The number of nitrogens with one attached hydrogen (secondary N) is 2. The Labute approximate surface area is 117 Å². The zero-order valence-corrected chi connectivity index (χ0v) is 11.9. The molecule has 0 aromatic heterocycles. The number of anilines is 1. The highest BCUT2D eigenvalue weighted by molar-refractivity contribution is 5.98. The van der Waals surface area contributed by atoms with Crippen molar-refractivity contribution in [2.24, 2.45) is 5.92 Å². The number of benzene rings is 1. The van der Waals surface area contributed by atoms with Gasteiger partial charge in [-0.25, -0.2) is 4.39 Å². The fraction of sp³-hybridized carbons (Fsp3) is 0.429. The monoisotopic (exact) mass is 281 g/mol. The normalized spacial score (nSPS) is 12.1. The van der Waals surface area contributed by atoms with E-state index >= 15 is 0 Å². The molecule has 0 aliphatic heterocycles. The van der Waals surface area contributed by atoms with Crippen LogP contribution >= 0.6 is 0 Å². The molecule has 1 unspecified atom stereocenters. The topological polar surface area (TPSA) is 84.2 Å². The van der Waals surface area contributed by atoms with Crippen LogP contribution in [0.5, 0.6) is 0 Å². The Balaban J connectivity index is 2.60. The van der Waals surface area contributed by atoms with Crippen molar-refractivity contribution in [3.63, 3.8) is 0 Å². The summed E-state index contributed by atoms with van der Waals surface area (Å²) in [6, 6.07) is 3.00. The summed E-state index contributed by atoms with van der Waals surface area (Å²) in [6.45, 7) is 6.08. The highest BCUT2D eigenvalue weighted by Crippen LogP contribution is 2.12. The van der Waals surface area contributed by atoms with Gasteiger partial charge in [-0.05, 0) is 31.0 Å². The first-order chi connectivity index (χ1) is 9.31. The van der Waals surface area contributed by atoms with E-state index in [1.807, 2.05) is 13.8 Å².